The van der Waals surface area contributed by atoms with Gasteiger partial charge < -0.3 is 25.5 Å². The molecule has 0 aromatic carbocycles. The predicted molar refractivity (Wildman–Crippen MR) is 94.1 cm³/mol. The van der Waals surface area contributed by atoms with Gasteiger partial charge in [0.15, 0.2) is 28.7 Å². The molecule has 0 amide bonds. The average molecular weight is 404 g/mol. The van der Waals surface area contributed by atoms with Crippen molar-refractivity contribution in [2.24, 2.45) is 0 Å². The van der Waals surface area contributed by atoms with Crippen LogP contribution < -0.4 is 0 Å². The lowest BCUT2D eigenvalue weighted by atomic mass is 9.57. The molecule has 0 aromatic heterocycles. The second kappa shape index (κ2) is 8.66. The molecule has 0 unspecified atom stereocenters. The molecule has 0 fully saturated rings. The SMILES string of the molecule is CCCC[C@@](O)(CO)[C@](O)(C(C)=O)[C@@](O)(C(C)=O)[C@](O)(C(C)=O)C(=O)C(C)=O. The molecule has 0 heterocycles. The maximum atomic E-state index is 12.4. The third-order valence-corrected chi connectivity index (χ3v) is 5.10. The molecule has 0 radical (unpaired) electrons. The van der Waals surface area contributed by atoms with E-state index in [4.69, 9.17) is 0 Å². The molecule has 0 rings (SSSR count). The van der Waals surface area contributed by atoms with Gasteiger partial charge in [-0.1, -0.05) is 19.8 Å². The van der Waals surface area contributed by atoms with Crippen molar-refractivity contribution in [3.63, 3.8) is 0 Å². The molecule has 10 heteroatoms. The topological polar surface area (TPSA) is 186 Å². The molecule has 0 saturated carbocycles. The Morgan fingerprint density at radius 2 is 1.18 bits per heavy atom. The first kappa shape index (κ1) is 26.1. The number of unbranched alkanes of at least 4 members (excludes halogenated alkanes) is 1. The summed E-state index contributed by atoms with van der Waals surface area (Å²) in [5.41, 5.74) is -14.5. The van der Waals surface area contributed by atoms with Gasteiger partial charge in [0.05, 0.1) is 6.61 Å². The van der Waals surface area contributed by atoms with Crippen molar-refractivity contribution in [3.8, 4) is 0 Å². The highest BCUT2D eigenvalue weighted by atomic mass is 16.4. The summed E-state index contributed by atoms with van der Waals surface area (Å²) in [6.07, 6.45) is -0.0775. The molecule has 0 bridgehead atoms. The lowest BCUT2D eigenvalue weighted by Gasteiger charge is -2.53. The van der Waals surface area contributed by atoms with Gasteiger partial charge in [0, 0.05) is 6.92 Å². The number of carbonyl (C=O) groups excluding carboxylic acids is 5. The summed E-state index contributed by atoms with van der Waals surface area (Å²) in [5.74, 6) is -8.21. The van der Waals surface area contributed by atoms with Crippen LogP contribution in [0.4, 0.5) is 0 Å². The van der Waals surface area contributed by atoms with Crippen LogP contribution in [0.2, 0.25) is 0 Å². The Bertz CT molecular complexity index is 686. The minimum atomic E-state index is -3.97. The van der Waals surface area contributed by atoms with Gasteiger partial charge in [0.1, 0.15) is 5.60 Å². The fraction of sp³-hybridized carbons (Fsp3) is 0.722. The van der Waals surface area contributed by atoms with Crippen molar-refractivity contribution in [1.82, 2.24) is 0 Å². The lowest BCUT2D eigenvalue weighted by Crippen LogP contribution is -2.84. The highest BCUT2D eigenvalue weighted by Gasteiger charge is 2.77. The van der Waals surface area contributed by atoms with E-state index in [2.05, 4.69) is 0 Å². The fourth-order valence-electron chi connectivity index (χ4n) is 3.37. The number of carbonyl (C=O) groups is 5. The minimum Gasteiger partial charge on any atom is -0.393 e. The van der Waals surface area contributed by atoms with Crippen molar-refractivity contribution >= 4 is 28.9 Å². The third kappa shape index (κ3) is 3.46. The van der Waals surface area contributed by atoms with E-state index < -0.39 is 64.3 Å². The number of aliphatic hydroxyl groups excluding tert-OH is 1. The van der Waals surface area contributed by atoms with E-state index in [1.807, 2.05) is 0 Å². The molecule has 0 saturated heterocycles. The number of ketones is 5. The molecule has 10 nitrogen and oxygen atoms in total. The highest BCUT2D eigenvalue weighted by molar-refractivity contribution is 6.45. The van der Waals surface area contributed by atoms with Crippen LogP contribution in [-0.2, 0) is 24.0 Å². The van der Waals surface area contributed by atoms with E-state index in [1.54, 1.807) is 6.92 Å². The molecular formula is C18H28O10. The molecule has 160 valence electrons. The van der Waals surface area contributed by atoms with E-state index >= 15 is 0 Å². The Kier molecular flexibility index (Phi) is 8.09. The van der Waals surface area contributed by atoms with Crippen molar-refractivity contribution < 1.29 is 49.5 Å². The van der Waals surface area contributed by atoms with Gasteiger partial charge in [-0.05, 0) is 27.2 Å². The fourth-order valence-corrected chi connectivity index (χ4v) is 3.37. The summed E-state index contributed by atoms with van der Waals surface area (Å²) in [5, 5.41) is 53.6. The second-order valence-electron chi connectivity index (χ2n) is 6.98. The van der Waals surface area contributed by atoms with E-state index in [9.17, 15) is 49.5 Å². The van der Waals surface area contributed by atoms with Gasteiger partial charge in [0.25, 0.3) is 0 Å². The molecule has 0 aliphatic heterocycles. The van der Waals surface area contributed by atoms with Crippen LogP contribution in [0.3, 0.4) is 0 Å². The molecule has 0 spiro atoms. The maximum Gasteiger partial charge on any atom is 0.240 e. The Morgan fingerprint density at radius 3 is 1.43 bits per heavy atom. The second-order valence-corrected chi connectivity index (χ2v) is 6.98. The summed E-state index contributed by atoms with van der Waals surface area (Å²) in [6, 6.07) is 0. The minimum absolute atomic E-state index is 0.0831. The zero-order valence-electron chi connectivity index (χ0n) is 16.6. The normalized spacial score (nSPS) is 20.1. The van der Waals surface area contributed by atoms with Crippen LogP contribution in [-0.4, -0.2) is 83.5 Å². The van der Waals surface area contributed by atoms with E-state index in [0.717, 1.165) is 0 Å². The van der Waals surface area contributed by atoms with E-state index in [-0.39, 0.29) is 6.42 Å². The van der Waals surface area contributed by atoms with Gasteiger partial charge in [-0.3, -0.25) is 24.0 Å². The van der Waals surface area contributed by atoms with Gasteiger partial charge in [-0.15, -0.1) is 0 Å². The Balaban J connectivity index is 7.38. The van der Waals surface area contributed by atoms with Crippen molar-refractivity contribution in [3.05, 3.63) is 0 Å². The van der Waals surface area contributed by atoms with E-state index in [0.29, 0.717) is 34.1 Å². The zero-order chi connectivity index (χ0) is 22.7. The number of hydrogen-bond acceptors (Lipinski definition) is 10. The molecule has 28 heavy (non-hydrogen) atoms. The Labute approximate surface area is 162 Å². The van der Waals surface area contributed by atoms with Crippen LogP contribution in [0.5, 0.6) is 0 Å². The monoisotopic (exact) mass is 404 g/mol. The molecule has 0 aliphatic rings. The molecule has 0 aromatic rings. The van der Waals surface area contributed by atoms with Crippen molar-refractivity contribution in [2.45, 2.75) is 76.3 Å². The molecule has 0 aliphatic carbocycles. The standard InChI is InChI=1S/C18H28O10/c1-6-7-8-15(25,9-19)17(27,12(4)22)18(28,13(5)23)16(26,11(3)21)14(24)10(2)20/h19,25-28H,6-9H2,1-5H3/t15-,16+,17-,18-/m1/s1. The zero-order valence-corrected chi connectivity index (χ0v) is 16.6. The van der Waals surface area contributed by atoms with Gasteiger partial charge in [-0.25, -0.2) is 0 Å². The first-order valence-corrected chi connectivity index (χ1v) is 8.65. The van der Waals surface area contributed by atoms with Crippen LogP contribution in [0, 0.1) is 0 Å². The van der Waals surface area contributed by atoms with Crippen LogP contribution in [0.1, 0.15) is 53.9 Å². The first-order valence-electron chi connectivity index (χ1n) is 8.65. The van der Waals surface area contributed by atoms with Gasteiger partial charge in [0.2, 0.25) is 17.0 Å². The number of hydrogen-bond donors (Lipinski definition) is 5. The summed E-state index contributed by atoms with van der Waals surface area (Å²) in [6.45, 7) is 2.65. The summed E-state index contributed by atoms with van der Waals surface area (Å²) in [4.78, 5) is 60.9. The largest absolute Gasteiger partial charge is 0.393 e. The quantitative estimate of drug-likeness (QED) is 0.180. The molecular weight excluding hydrogens is 376 g/mol. The van der Waals surface area contributed by atoms with Gasteiger partial charge >= 0.3 is 0 Å². The Morgan fingerprint density at radius 1 is 0.750 bits per heavy atom. The van der Waals surface area contributed by atoms with Crippen molar-refractivity contribution in [2.75, 3.05) is 6.61 Å². The number of aliphatic hydroxyl groups is 5. The number of rotatable bonds is 12. The summed E-state index contributed by atoms with van der Waals surface area (Å²) in [7, 11) is 0. The highest BCUT2D eigenvalue weighted by Crippen LogP contribution is 2.44. The lowest BCUT2D eigenvalue weighted by molar-refractivity contribution is -0.272. The van der Waals surface area contributed by atoms with Crippen LogP contribution in [0.25, 0.3) is 0 Å². The van der Waals surface area contributed by atoms with Crippen LogP contribution in [0.15, 0.2) is 0 Å². The van der Waals surface area contributed by atoms with Gasteiger partial charge in [-0.2, -0.15) is 0 Å². The van der Waals surface area contributed by atoms with Crippen LogP contribution >= 0.6 is 0 Å². The molecule has 5 N–H and O–H groups in total. The maximum absolute atomic E-state index is 12.4. The molecule has 4 atom stereocenters. The third-order valence-electron chi connectivity index (χ3n) is 5.10. The van der Waals surface area contributed by atoms with Crippen molar-refractivity contribution in [1.29, 1.82) is 0 Å². The predicted octanol–water partition coefficient (Wildman–Crippen LogP) is -1.98. The number of Topliss-reactive ketones (excluding diaryl/α,β-unsaturated/α-hetero) is 5. The smallest absolute Gasteiger partial charge is 0.240 e. The Hall–Kier alpha value is -1.85. The first-order chi connectivity index (χ1) is 12.6. The summed E-state index contributed by atoms with van der Waals surface area (Å²) >= 11 is 0. The van der Waals surface area contributed by atoms with E-state index in [1.165, 1.54) is 0 Å². The summed E-state index contributed by atoms with van der Waals surface area (Å²) < 4.78 is 0. The average Bonchev–Trinajstić information content (AvgIpc) is 2.62.